The number of benzene rings is 2. The van der Waals surface area contributed by atoms with Crippen molar-refractivity contribution >= 4 is 33.0 Å². The number of nitrogens with zero attached hydrogens (tertiary/aromatic N) is 1. The molecule has 0 saturated carbocycles. The van der Waals surface area contributed by atoms with Gasteiger partial charge in [-0.3, -0.25) is 4.79 Å². The smallest absolute Gasteiger partial charge is 0.242 e. The van der Waals surface area contributed by atoms with Crippen LogP contribution in [0.2, 0.25) is 5.02 Å². The molecule has 1 amide bonds. The number of sulfone groups is 1. The third-order valence-electron chi connectivity index (χ3n) is 3.90. The summed E-state index contributed by atoms with van der Waals surface area (Å²) in [4.78, 5) is 14.1. The molecule has 23 heavy (non-hydrogen) atoms. The predicted molar refractivity (Wildman–Crippen MR) is 90.6 cm³/mol. The molecule has 0 aromatic heterocycles. The number of hydrogen-bond acceptors (Lipinski definition) is 3. The average Bonchev–Trinajstić information content (AvgIpc) is 2.54. The molecule has 2 aromatic rings. The summed E-state index contributed by atoms with van der Waals surface area (Å²) in [5.41, 5.74) is 1.88. The zero-order valence-corrected chi connectivity index (χ0v) is 14.0. The summed E-state index contributed by atoms with van der Waals surface area (Å²) in [5.74, 6) is -0.998. The largest absolute Gasteiger partial charge is 0.311 e. The van der Waals surface area contributed by atoms with Gasteiger partial charge in [-0.1, -0.05) is 41.9 Å². The minimum atomic E-state index is -3.77. The van der Waals surface area contributed by atoms with Crippen LogP contribution in [0.1, 0.15) is 12.0 Å². The minimum absolute atomic E-state index is 0.000288. The first kappa shape index (κ1) is 16.0. The van der Waals surface area contributed by atoms with Gasteiger partial charge in [0.2, 0.25) is 5.91 Å². The molecule has 1 aliphatic heterocycles. The molecule has 1 heterocycles. The highest BCUT2D eigenvalue weighted by molar-refractivity contribution is 7.92. The van der Waals surface area contributed by atoms with Gasteiger partial charge in [0.05, 0.1) is 9.92 Å². The van der Waals surface area contributed by atoms with Crippen molar-refractivity contribution in [3.05, 3.63) is 59.1 Å². The van der Waals surface area contributed by atoms with E-state index in [0.29, 0.717) is 6.54 Å². The van der Waals surface area contributed by atoms with Crippen LogP contribution in [0.25, 0.3) is 0 Å². The molecule has 0 aliphatic carbocycles. The maximum Gasteiger partial charge on any atom is 0.242 e. The molecule has 0 fully saturated rings. The van der Waals surface area contributed by atoms with Crippen molar-refractivity contribution in [3.63, 3.8) is 0 Å². The van der Waals surface area contributed by atoms with Gasteiger partial charge in [-0.15, -0.1) is 0 Å². The number of carbonyl (C=O) groups excluding carboxylic acids is 1. The van der Waals surface area contributed by atoms with E-state index in [9.17, 15) is 13.2 Å². The predicted octanol–water partition coefficient (Wildman–Crippen LogP) is 3.09. The number of halogens is 1. The van der Waals surface area contributed by atoms with Crippen LogP contribution in [0.15, 0.2) is 53.4 Å². The van der Waals surface area contributed by atoms with Gasteiger partial charge in [0.1, 0.15) is 5.75 Å². The molecule has 0 bridgehead atoms. The summed E-state index contributed by atoms with van der Waals surface area (Å²) in [6.07, 6.45) is 1.73. The molecule has 0 radical (unpaired) electrons. The number of aryl methyl sites for hydroxylation is 1. The lowest BCUT2D eigenvalue weighted by Crippen LogP contribution is -2.39. The fourth-order valence-corrected chi connectivity index (χ4v) is 4.58. The lowest BCUT2D eigenvalue weighted by molar-refractivity contribution is -0.116. The van der Waals surface area contributed by atoms with Gasteiger partial charge in [0.25, 0.3) is 0 Å². The van der Waals surface area contributed by atoms with Crippen molar-refractivity contribution in [3.8, 4) is 0 Å². The Morgan fingerprint density at radius 1 is 1.09 bits per heavy atom. The lowest BCUT2D eigenvalue weighted by Gasteiger charge is -2.29. The molecule has 120 valence electrons. The maximum absolute atomic E-state index is 12.6. The Balaban J connectivity index is 1.87. The van der Waals surface area contributed by atoms with Crippen LogP contribution >= 0.6 is 11.6 Å². The summed E-state index contributed by atoms with van der Waals surface area (Å²) in [5, 5.41) is 0.138. The van der Waals surface area contributed by atoms with Gasteiger partial charge in [0, 0.05) is 12.2 Å². The number of fused-ring (bicyclic) bond motifs is 1. The van der Waals surface area contributed by atoms with E-state index in [2.05, 4.69) is 0 Å². The van der Waals surface area contributed by atoms with Crippen LogP contribution in [0.3, 0.4) is 0 Å². The van der Waals surface area contributed by atoms with Gasteiger partial charge in [-0.2, -0.15) is 0 Å². The number of hydrogen-bond donors (Lipinski definition) is 0. The number of amides is 1. The first-order valence-corrected chi connectivity index (χ1v) is 9.37. The van der Waals surface area contributed by atoms with Gasteiger partial charge >= 0.3 is 0 Å². The topological polar surface area (TPSA) is 54.5 Å². The first-order valence-electron chi connectivity index (χ1n) is 7.34. The lowest BCUT2D eigenvalue weighted by atomic mass is 10.0. The maximum atomic E-state index is 12.6. The monoisotopic (exact) mass is 349 g/mol. The van der Waals surface area contributed by atoms with Crippen LogP contribution in [-0.2, 0) is 21.1 Å². The Morgan fingerprint density at radius 2 is 1.78 bits per heavy atom. The van der Waals surface area contributed by atoms with Gasteiger partial charge in [0.15, 0.2) is 9.84 Å². The van der Waals surface area contributed by atoms with Crippen LogP contribution in [0.5, 0.6) is 0 Å². The quantitative estimate of drug-likeness (QED) is 0.855. The third-order valence-corrected chi connectivity index (χ3v) is 5.99. The molecule has 4 nitrogen and oxygen atoms in total. The Morgan fingerprint density at radius 3 is 2.57 bits per heavy atom. The van der Waals surface area contributed by atoms with Gasteiger partial charge in [-0.05, 0) is 36.6 Å². The molecule has 1 aliphatic rings. The summed E-state index contributed by atoms with van der Waals surface area (Å²) in [7, 11) is -3.77. The molecule has 3 rings (SSSR count). The van der Waals surface area contributed by atoms with E-state index in [0.717, 1.165) is 24.1 Å². The highest BCUT2D eigenvalue weighted by atomic mass is 35.5. The van der Waals surface area contributed by atoms with Crippen molar-refractivity contribution in [1.29, 1.82) is 0 Å². The number of anilines is 1. The Hall–Kier alpha value is -1.85. The molecule has 2 aromatic carbocycles. The van der Waals surface area contributed by atoms with Gasteiger partial charge in [-0.25, -0.2) is 8.42 Å². The Labute approximate surface area is 140 Å². The van der Waals surface area contributed by atoms with E-state index in [1.807, 2.05) is 24.3 Å². The SMILES string of the molecule is O=C(CS(=O)(=O)c1ccccc1Cl)N1CCCc2ccccc21. The second-order valence-electron chi connectivity index (χ2n) is 5.47. The van der Waals surface area contributed by atoms with E-state index >= 15 is 0 Å². The number of para-hydroxylation sites is 1. The average molecular weight is 350 g/mol. The second kappa shape index (κ2) is 6.34. The summed E-state index contributed by atoms with van der Waals surface area (Å²) in [6.45, 7) is 0.536. The summed E-state index contributed by atoms with van der Waals surface area (Å²) in [6, 6.07) is 13.8. The molecule has 0 spiro atoms. The zero-order valence-electron chi connectivity index (χ0n) is 12.4. The van der Waals surface area contributed by atoms with Crippen molar-refractivity contribution < 1.29 is 13.2 Å². The van der Waals surface area contributed by atoms with E-state index in [1.165, 1.54) is 12.1 Å². The third kappa shape index (κ3) is 3.26. The molecule has 0 N–H and O–H groups in total. The van der Waals surface area contributed by atoms with Crippen LogP contribution in [0, 0.1) is 0 Å². The fourth-order valence-electron chi connectivity index (χ4n) is 2.81. The van der Waals surface area contributed by atoms with E-state index in [4.69, 9.17) is 11.6 Å². The molecule has 0 unspecified atom stereocenters. The normalized spacial score (nSPS) is 14.4. The van der Waals surface area contributed by atoms with E-state index in [-0.39, 0.29) is 9.92 Å². The fraction of sp³-hybridized carbons (Fsp3) is 0.235. The highest BCUT2D eigenvalue weighted by Gasteiger charge is 2.28. The second-order valence-corrected chi connectivity index (χ2v) is 7.83. The van der Waals surface area contributed by atoms with E-state index in [1.54, 1.807) is 17.0 Å². The number of rotatable bonds is 3. The highest BCUT2D eigenvalue weighted by Crippen LogP contribution is 2.28. The minimum Gasteiger partial charge on any atom is -0.311 e. The molecular weight excluding hydrogens is 334 g/mol. The first-order chi connectivity index (χ1) is 11.0. The van der Waals surface area contributed by atoms with Crippen molar-refractivity contribution in [2.75, 3.05) is 17.2 Å². The molecular formula is C17H16ClNO3S. The zero-order chi connectivity index (χ0) is 16.4. The Bertz CT molecular complexity index is 848. The van der Waals surface area contributed by atoms with Crippen molar-refractivity contribution in [1.82, 2.24) is 0 Å². The summed E-state index contributed by atoms with van der Waals surface area (Å²) >= 11 is 5.95. The van der Waals surface area contributed by atoms with Crippen molar-refractivity contribution in [2.24, 2.45) is 0 Å². The van der Waals surface area contributed by atoms with Crippen LogP contribution in [-0.4, -0.2) is 26.6 Å². The molecule has 0 saturated heterocycles. The number of carbonyl (C=O) groups is 1. The molecule has 6 heteroatoms. The van der Waals surface area contributed by atoms with Crippen molar-refractivity contribution in [2.45, 2.75) is 17.7 Å². The van der Waals surface area contributed by atoms with E-state index < -0.39 is 21.5 Å². The van der Waals surface area contributed by atoms with Crippen LogP contribution < -0.4 is 4.90 Å². The standard InChI is InChI=1S/C17H16ClNO3S/c18-14-8-2-4-10-16(14)23(21,22)12-17(20)19-11-5-7-13-6-1-3-9-15(13)19/h1-4,6,8-10H,5,7,11-12H2. The molecule has 0 atom stereocenters. The summed E-state index contributed by atoms with van der Waals surface area (Å²) < 4.78 is 25.0. The van der Waals surface area contributed by atoms with Crippen LogP contribution in [0.4, 0.5) is 5.69 Å². The van der Waals surface area contributed by atoms with Gasteiger partial charge < -0.3 is 4.90 Å². The Kier molecular flexibility index (Phi) is 4.41.